The lowest BCUT2D eigenvalue weighted by atomic mass is 10.2. The zero-order valence-corrected chi connectivity index (χ0v) is 9.80. The van der Waals surface area contributed by atoms with Crippen LogP contribution in [0.2, 0.25) is 0 Å². The van der Waals surface area contributed by atoms with Crippen LogP contribution in [0.3, 0.4) is 0 Å². The Morgan fingerprint density at radius 3 is 2.94 bits per heavy atom. The first-order chi connectivity index (χ1) is 8.79. The Balaban J connectivity index is 2.05. The van der Waals surface area contributed by atoms with E-state index in [0.717, 1.165) is 24.5 Å². The Labute approximate surface area is 105 Å². The van der Waals surface area contributed by atoms with Crippen LogP contribution < -0.4 is 10.6 Å². The molecule has 1 aromatic heterocycles. The van der Waals surface area contributed by atoms with Crippen LogP contribution in [0.1, 0.15) is 11.1 Å². The van der Waals surface area contributed by atoms with E-state index in [1.165, 1.54) is 5.56 Å². The standard InChI is InChI=1S/C14H12N4/c15-8-10-7-12(16)14(17-9-10)18-6-5-11-3-1-2-4-13(11)18/h1-4,7,9H,5-6,16H2. The largest absolute Gasteiger partial charge is 0.396 e. The van der Waals surface area contributed by atoms with Crippen molar-refractivity contribution in [2.75, 3.05) is 17.2 Å². The Morgan fingerprint density at radius 1 is 1.33 bits per heavy atom. The summed E-state index contributed by atoms with van der Waals surface area (Å²) in [4.78, 5) is 6.41. The molecule has 0 fully saturated rings. The average molecular weight is 236 g/mol. The molecule has 1 aliphatic rings. The number of nitrogen functional groups attached to an aromatic ring is 1. The number of para-hydroxylation sites is 1. The first kappa shape index (κ1) is 10.6. The molecule has 88 valence electrons. The van der Waals surface area contributed by atoms with Gasteiger partial charge >= 0.3 is 0 Å². The predicted molar refractivity (Wildman–Crippen MR) is 70.5 cm³/mol. The Bertz CT molecular complexity index is 642. The summed E-state index contributed by atoms with van der Waals surface area (Å²) in [5.41, 5.74) is 9.48. The summed E-state index contributed by atoms with van der Waals surface area (Å²) >= 11 is 0. The minimum Gasteiger partial charge on any atom is -0.396 e. The van der Waals surface area contributed by atoms with Gasteiger partial charge in [0.05, 0.1) is 11.3 Å². The van der Waals surface area contributed by atoms with Crippen LogP contribution in [-0.2, 0) is 6.42 Å². The summed E-state index contributed by atoms with van der Waals surface area (Å²) in [7, 11) is 0. The van der Waals surface area contributed by atoms with Crippen molar-refractivity contribution in [2.24, 2.45) is 0 Å². The van der Waals surface area contributed by atoms with Gasteiger partial charge in [-0.2, -0.15) is 5.26 Å². The third-order valence-electron chi connectivity index (χ3n) is 3.17. The summed E-state index contributed by atoms with van der Waals surface area (Å²) in [6, 6.07) is 12.0. The molecule has 0 unspecified atom stereocenters. The summed E-state index contributed by atoms with van der Waals surface area (Å²) in [6.07, 6.45) is 2.56. The molecule has 1 aromatic carbocycles. The fraction of sp³-hybridized carbons (Fsp3) is 0.143. The minimum atomic E-state index is 0.490. The van der Waals surface area contributed by atoms with Gasteiger partial charge in [-0.25, -0.2) is 4.98 Å². The normalized spacial score (nSPS) is 13.2. The van der Waals surface area contributed by atoms with Gasteiger partial charge in [0.25, 0.3) is 0 Å². The van der Waals surface area contributed by atoms with E-state index in [1.54, 1.807) is 12.3 Å². The molecule has 4 heteroatoms. The predicted octanol–water partition coefficient (Wildman–Crippen LogP) is 2.23. The minimum absolute atomic E-state index is 0.490. The number of hydrogen-bond donors (Lipinski definition) is 1. The van der Waals surface area contributed by atoms with Crippen molar-refractivity contribution in [3.63, 3.8) is 0 Å². The molecule has 2 aromatic rings. The fourth-order valence-corrected chi connectivity index (χ4v) is 2.32. The van der Waals surface area contributed by atoms with Crippen molar-refractivity contribution in [3.8, 4) is 6.07 Å². The smallest absolute Gasteiger partial charge is 0.156 e. The van der Waals surface area contributed by atoms with Crippen LogP contribution in [0.4, 0.5) is 17.2 Å². The molecule has 1 aliphatic heterocycles. The number of hydrogen-bond acceptors (Lipinski definition) is 4. The van der Waals surface area contributed by atoms with Gasteiger partial charge in [-0.05, 0) is 24.1 Å². The molecule has 0 amide bonds. The molecule has 0 saturated heterocycles. The lowest BCUT2D eigenvalue weighted by Crippen LogP contribution is -2.16. The monoisotopic (exact) mass is 236 g/mol. The van der Waals surface area contributed by atoms with Gasteiger partial charge in [-0.1, -0.05) is 18.2 Å². The molecule has 18 heavy (non-hydrogen) atoms. The van der Waals surface area contributed by atoms with Gasteiger partial charge in [0, 0.05) is 18.4 Å². The molecule has 0 atom stereocenters. The van der Waals surface area contributed by atoms with Crippen molar-refractivity contribution in [2.45, 2.75) is 6.42 Å². The maximum atomic E-state index is 8.82. The third-order valence-corrected chi connectivity index (χ3v) is 3.17. The number of nitriles is 1. The molecule has 0 saturated carbocycles. The van der Waals surface area contributed by atoms with Gasteiger partial charge in [-0.3, -0.25) is 0 Å². The number of rotatable bonds is 1. The van der Waals surface area contributed by atoms with Gasteiger partial charge < -0.3 is 10.6 Å². The number of nitrogens with two attached hydrogens (primary N) is 1. The van der Waals surface area contributed by atoms with Crippen LogP contribution in [-0.4, -0.2) is 11.5 Å². The maximum absolute atomic E-state index is 8.82. The molecule has 0 radical (unpaired) electrons. The van der Waals surface area contributed by atoms with Gasteiger partial charge in [0.1, 0.15) is 6.07 Å². The quantitative estimate of drug-likeness (QED) is 0.824. The van der Waals surface area contributed by atoms with Crippen LogP contribution in [0.15, 0.2) is 36.5 Å². The summed E-state index contributed by atoms with van der Waals surface area (Å²) < 4.78 is 0. The Morgan fingerprint density at radius 2 is 2.17 bits per heavy atom. The number of nitrogens with zero attached hydrogens (tertiary/aromatic N) is 3. The molecule has 0 spiro atoms. The topological polar surface area (TPSA) is 65.9 Å². The first-order valence-electron chi connectivity index (χ1n) is 5.80. The number of benzene rings is 1. The number of fused-ring (bicyclic) bond motifs is 1. The third kappa shape index (κ3) is 1.57. The summed E-state index contributed by atoms with van der Waals surface area (Å²) in [6.45, 7) is 0.877. The Kier molecular flexibility index (Phi) is 2.38. The summed E-state index contributed by atoms with van der Waals surface area (Å²) in [5, 5.41) is 8.82. The number of pyridine rings is 1. The van der Waals surface area contributed by atoms with E-state index < -0.39 is 0 Å². The molecule has 0 bridgehead atoms. The van der Waals surface area contributed by atoms with Crippen molar-refractivity contribution in [1.29, 1.82) is 5.26 Å². The van der Waals surface area contributed by atoms with E-state index in [0.29, 0.717) is 11.3 Å². The van der Waals surface area contributed by atoms with E-state index in [9.17, 15) is 0 Å². The number of anilines is 3. The summed E-state index contributed by atoms with van der Waals surface area (Å²) in [5.74, 6) is 0.735. The molecule has 2 N–H and O–H groups in total. The van der Waals surface area contributed by atoms with E-state index in [-0.39, 0.29) is 0 Å². The number of aromatic nitrogens is 1. The average Bonchev–Trinajstić information content (AvgIpc) is 2.82. The lowest BCUT2D eigenvalue weighted by Gasteiger charge is -2.19. The van der Waals surface area contributed by atoms with Crippen LogP contribution >= 0.6 is 0 Å². The van der Waals surface area contributed by atoms with E-state index in [1.807, 2.05) is 18.2 Å². The zero-order chi connectivity index (χ0) is 12.5. The van der Waals surface area contributed by atoms with Gasteiger partial charge in [-0.15, -0.1) is 0 Å². The first-order valence-corrected chi connectivity index (χ1v) is 5.80. The van der Waals surface area contributed by atoms with E-state index in [2.05, 4.69) is 22.0 Å². The second-order valence-electron chi connectivity index (χ2n) is 4.28. The SMILES string of the molecule is N#Cc1cnc(N2CCc3ccccc32)c(N)c1. The second-order valence-corrected chi connectivity index (χ2v) is 4.28. The van der Waals surface area contributed by atoms with Crippen LogP contribution in [0, 0.1) is 11.3 Å². The zero-order valence-electron chi connectivity index (χ0n) is 9.80. The Hall–Kier alpha value is -2.54. The molecular weight excluding hydrogens is 224 g/mol. The maximum Gasteiger partial charge on any atom is 0.156 e. The van der Waals surface area contributed by atoms with Gasteiger partial charge in [0.2, 0.25) is 0 Å². The highest BCUT2D eigenvalue weighted by molar-refractivity contribution is 5.75. The van der Waals surface area contributed by atoms with Crippen LogP contribution in [0.25, 0.3) is 0 Å². The highest BCUT2D eigenvalue weighted by Gasteiger charge is 2.22. The molecule has 3 rings (SSSR count). The molecule has 0 aliphatic carbocycles. The van der Waals surface area contributed by atoms with Crippen molar-refractivity contribution in [3.05, 3.63) is 47.7 Å². The van der Waals surface area contributed by atoms with Crippen molar-refractivity contribution in [1.82, 2.24) is 4.98 Å². The molecule has 2 heterocycles. The highest BCUT2D eigenvalue weighted by Crippen LogP contribution is 2.35. The van der Waals surface area contributed by atoms with Crippen molar-refractivity contribution < 1.29 is 0 Å². The van der Waals surface area contributed by atoms with Gasteiger partial charge in [0.15, 0.2) is 5.82 Å². The van der Waals surface area contributed by atoms with Crippen molar-refractivity contribution >= 4 is 17.2 Å². The molecular formula is C14H12N4. The second kappa shape index (κ2) is 4.04. The lowest BCUT2D eigenvalue weighted by molar-refractivity contribution is 0.975. The highest BCUT2D eigenvalue weighted by atomic mass is 15.2. The fourth-order valence-electron chi connectivity index (χ4n) is 2.32. The van der Waals surface area contributed by atoms with Crippen LogP contribution in [0.5, 0.6) is 0 Å². The van der Waals surface area contributed by atoms with E-state index >= 15 is 0 Å². The molecule has 4 nitrogen and oxygen atoms in total. The van der Waals surface area contributed by atoms with E-state index in [4.69, 9.17) is 11.0 Å².